The molecule has 0 aromatic heterocycles. The molecule has 3 aromatic rings. The van der Waals surface area contributed by atoms with E-state index in [1.165, 1.54) is 0 Å². The maximum atomic E-state index is 14.3. The molecule has 0 fully saturated rings. The van der Waals surface area contributed by atoms with E-state index < -0.39 is 7.14 Å². The Labute approximate surface area is 174 Å². The second-order valence-corrected chi connectivity index (χ2v) is 10.4. The van der Waals surface area contributed by atoms with Crippen molar-refractivity contribution in [3.63, 3.8) is 0 Å². The van der Waals surface area contributed by atoms with E-state index in [9.17, 15) is 4.57 Å². The largest absolute Gasteiger partial charge is 1.00 e. The molecule has 3 aromatic carbocycles. The molecule has 0 amide bonds. The summed E-state index contributed by atoms with van der Waals surface area (Å²) < 4.78 is 14.3. The van der Waals surface area contributed by atoms with Crippen molar-refractivity contribution in [3.05, 3.63) is 84.4 Å². The maximum absolute atomic E-state index is 14.3. The SMILES string of the molecule is CC(C)(C)c1ccc(P(=O)(c2ccccc2)c2ccccc2)c([S-])c1.[Li+]. The smallest absolute Gasteiger partial charge is 0.779 e. The van der Waals surface area contributed by atoms with Crippen LogP contribution in [0.3, 0.4) is 0 Å². The van der Waals surface area contributed by atoms with Gasteiger partial charge in [-0.1, -0.05) is 99.6 Å². The van der Waals surface area contributed by atoms with Crippen molar-refractivity contribution in [2.75, 3.05) is 0 Å². The topological polar surface area (TPSA) is 17.1 Å². The van der Waals surface area contributed by atoms with Crippen molar-refractivity contribution in [3.8, 4) is 0 Å². The summed E-state index contributed by atoms with van der Waals surface area (Å²) in [5.74, 6) is 0. The molecule has 26 heavy (non-hydrogen) atoms. The maximum Gasteiger partial charge on any atom is 1.00 e. The van der Waals surface area contributed by atoms with E-state index in [1.54, 1.807) is 0 Å². The Balaban J connectivity index is 0.00000243. The molecule has 0 aliphatic rings. The zero-order valence-corrected chi connectivity index (χ0v) is 17.5. The van der Waals surface area contributed by atoms with Crippen LogP contribution in [-0.4, -0.2) is 0 Å². The van der Waals surface area contributed by atoms with Crippen LogP contribution in [0.2, 0.25) is 0 Å². The normalized spacial score (nSPS) is 11.7. The van der Waals surface area contributed by atoms with Gasteiger partial charge in [0.2, 0.25) is 0 Å². The van der Waals surface area contributed by atoms with Gasteiger partial charge in [0.05, 0.1) is 0 Å². The summed E-state index contributed by atoms with van der Waals surface area (Å²) >= 11 is 5.68. The van der Waals surface area contributed by atoms with Crippen LogP contribution in [0.5, 0.6) is 0 Å². The van der Waals surface area contributed by atoms with Gasteiger partial charge in [-0.3, -0.25) is 0 Å². The zero-order valence-electron chi connectivity index (χ0n) is 15.8. The molecule has 0 N–H and O–H groups in total. The molecule has 0 aliphatic carbocycles. The van der Waals surface area contributed by atoms with Crippen LogP contribution < -0.4 is 34.8 Å². The van der Waals surface area contributed by atoms with Crippen LogP contribution in [0, 0.1) is 0 Å². The van der Waals surface area contributed by atoms with Gasteiger partial charge in [-0.15, -0.1) is 0 Å². The van der Waals surface area contributed by atoms with Gasteiger partial charge < -0.3 is 17.2 Å². The zero-order chi connectivity index (χ0) is 18.1. The van der Waals surface area contributed by atoms with Crippen molar-refractivity contribution in [2.24, 2.45) is 0 Å². The van der Waals surface area contributed by atoms with Gasteiger partial charge in [0.25, 0.3) is 0 Å². The summed E-state index contributed by atoms with van der Waals surface area (Å²) in [4.78, 5) is 0.670. The van der Waals surface area contributed by atoms with Crippen molar-refractivity contribution in [1.29, 1.82) is 0 Å². The van der Waals surface area contributed by atoms with Crippen LogP contribution in [0.1, 0.15) is 26.3 Å². The van der Waals surface area contributed by atoms with Gasteiger partial charge in [-0.05, 0) is 11.0 Å². The van der Waals surface area contributed by atoms with Crippen LogP contribution in [0.4, 0.5) is 0 Å². The number of hydrogen-bond donors (Lipinski definition) is 0. The molecule has 0 aliphatic heterocycles. The first-order valence-electron chi connectivity index (χ1n) is 8.37. The molecule has 4 heteroatoms. The van der Waals surface area contributed by atoms with Crippen molar-refractivity contribution < 1.29 is 23.4 Å². The first-order valence-corrected chi connectivity index (χ1v) is 10.5. The molecule has 0 heterocycles. The van der Waals surface area contributed by atoms with E-state index in [1.807, 2.05) is 72.8 Å². The van der Waals surface area contributed by atoms with Crippen molar-refractivity contribution in [1.82, 2.24) is 0 Å². The van der Waals surface area contributed by atoms with Crippen LogP contribution >= 0.6 is 7.14 Å². The number of hydrogen-bond acceptors (Lipinski definition) is 2. The van der Waals surface area contributed by atoms with E-state index in [2.05, 4.69) is 26.8 Å². The summed E-state index contributed by atoms with van der Waals surface area (Å²) in [6.45, 7) is 6.47. The monoisotopic (exact) mass is 372 g/mol. The fourth-order valence-corrected chi connectivity index (χ4v) is 6.22. The van der Waals surface area contributed by atoms with E-state index in [0.717, 1.165) is 21.5 Å². The Kier molecular flexibility index (Phi) is 6.59. The third-order valence-corrected chi connectivity index (χ3v) is 8.01. The van der Waals surface area contributed by atoms with Gasteiger partial charge in [-0.2, -0.15) is 4.90 Å². The Morgan fingerprint density at radius 3 is 1.62 bits per heavy atom. The Morgan fingerprint density at radius 1 is 0.769 bits per heavy atom. The van der Waals surface area contributed by atoms with Gasteiger partial charge >= 0.3 is 18.9 Å². The summed E-state index contributed by atoms with van der Waals surface area (Å²) in [5.41, 5.74) is 1.17. The predicted molar refractivity (Wildman–Crippen MR) is 110 cm³/mol. The molecular formula is C22H22LiOPS. The van der Waals surface area contributed by atoms with E-state index in [-0.39, 0.29) is 24.3 Å². The molecule has 0 saturated carbocycles. The van der Waals surface area contributed by atoms with Gasteiger partial charge in [-0.25, -0.2) is 0 Å². The number of benzene rings is 3. The Morgan fingerprint density at radius 2 is 1.23 bits per heavy atom. The molecule has 3 rings (SSSR count). The van der Waals surface area contributed by atoms with Crippen molar-refractivity contribution in [2.45, 2.75) is 31.1 Å². The molecule has 0 bridgehead atoms. The third-order valence-electron chi connectivity index (χ3n) is 4.40. The second kappa shape index (κ2) is 8.16. The standard InChI is InChI=1S/C22H23OPS.Li/c1-22(2,3)17-14-15-20(21(25)16-17)24(23,18-10-6-4-7-11-18)19-12-8-5-9-13-19;/h4-16,25H,1-3H3;/q;+1/p-1. The van der Waals surface area contributed by atoms with E-state index >= 15 is 0 Å². The molecule has 0 atom stereocenters. The van der Waals surface area contributed by atoms with Gasteiger partial charge in [0, 0.05) is 15.9 Å². The molecule has 128 valence electrons. The minimum atomic E-state index is -2.99. The summed E-state index contributed by atoms with van der Waals surface area (Å²) in [5, 5.41) is 2.37. The number of rotatable bonds is 3. The summed E-state index contributed by atoms with van der Waals surface area (Å²) in [6.07, 6.45) is 0. The molecule has 0 unspecified atom stereocenters. The average molecular weight is 372 g/mol. The van der Waals surface area contributed by atoms with Gasteiger partial charge in [0.15, 0.2) is 7.14 Å². The fraction of sp³-hybridized carbons (Fsp3) is 0.182. The summed E-state index contributed by atoms with van der Waals surface area (Å²) in [6, 6.07) is 25.3. The molecule has 1 nitrogen and oxygen atoms in total. The molecule has 0 spiro atoms. The molecule has 0 radical (unpaired) electrons. The first-order chi connectivity index (χ1) is 11.8. The predicted octanol–water partition coefficient (Wildman–Crippen LogP) is 1.53. The summed E-state index contributed by atoms with van der Waals surface area (Å²) in [7, 11) is -2.99. The van der Waals surface area contributed by atoms with Crippen LogP contribution in [0.15, 0.2) is 83.8 Å². The van der Waals surface area contributed by atoms with E-state index in [0.29, 0.717) is 4.90 Å². The minimum Gasteiger partial charge on any atom is -0.779 e. The molecular weight excluding hydrogens is 350 g/mol. The van der Waals surface area contributed by atoms with Crippen LogP contribution in [-0.2, 0) is 22.6 Å². The Bertz CT molecular complexity index is 874. The Hall–Kier alpha value is -1.29. The fourth-order valence-electron chi connectivity index (χ4n) is 2.94. The van der Waals surface area contributed by atoms with E-state index in [4.69, 9.17) is 12.6 Å². The first kappa shape index (κ1) is 21.0. The van der Waals surface area contributed by atoms with Crippen molar-refractivity contribution >= 4 is 35.7 Å². The minimum absolute atomic E-state index is 0. The van der Waals surface area contributed by atoms with Crippen LogP contribution in [0.25, 0.3) is 0 Å². The molecule has 0 saturated heterocycles. The quantitative estimate of drug-likeness (QED) is 0.394. The second-order valence-electron chi connectivity index (χ2n) is 7.21. The van der Waals surface area contributed by atoms with Gasteiger partial charge in [0.1, 0.15) is 0 Å². The average Bonchev–Trinajstić information content (AvgIpc) is 2.62. The third kappa shape index (κ3) is 4.00.